The number of allylic oxidation sites excluding steroid dienone is 2. The second-order valence-electron chi connectivity index (χ2n) is 32.6. The maximum Gasteiger partial charge on any atom is 0.206 e. The summed E-state index contributed by atoms with van der Waals surface area (Å²) in [5.41, 5.74) is 12.1. The van der Waals surface area contributed by atoms with E-state index in [0.29, 0.717) is 126 Å². The average molecular weight is 2180 g/mol. The first-order valence-electron chi connectivity index (χ1n) is 42.5. The number of hydrogen-bond acceptors (Lipinski definition) is 18. The molecule has 2 bridgehead atoms. The minimum Gasteiger partial charge on any atom is -0.388 e. The van der Waals surface area contributed by atoms with Gasteiger partial charge in [-0.15, -0.1) is 10.2 Å². The predicted molar refractivity (Wildman–Crippen MR) is 588 cm³/mol. The molecule has 3 atom stereocenters. The van der Waals surface area contributed by atoms with Gasteiger partial charge in [0.1, 0.15) is 17.7 Å². The summed E-state index contributed by atoms with van der Waals surface area (Å²) in [5, 5.41) is 65.1. The molecule has 138 heavy (non-hydrogen) atoms. The van der Waals surface area contributed by atoms with Gasteiger partial charge in [0.15, 0.2) is 50.1 Å². The highest BCUT2D eigenvalue weighted by molar-refractivity contribution is 7.81. The van der Waals surface area contributed by atoms with Crippen LogP contribution in [-0.4, -0.2) is 136 Å². The van der Waals surface area contributed by atoms with Gasteiger partial charge in [0, 0.05) is 91.5 Å². The lowest BCUT2D eigenvalue weighted by molar-refractivity contribution is -0.122. The molecule has 15 rings (SSSR count). The number of anilines is 4. The van der Waals surface area contributed by atoms with Gasteiger partial charge in [0.2, 0.25) is 5.82 Å². The summed E-state index contributed by atoms with van der Waals surface area (Å²) in [5.74, 6) is 2.01. The smallest absolute Gasteiger partial charge is 0.206 e. The summed E-state index contributed by atoms with van der Waals surface area (Å²) in [6, 6.07) is 58.7. The normalized spacial score (nSPS) is 13.2. The van der Waals surface area contributed by atoms with E-state index in [0.717, 1.165) is 100 Å². The monoisotopic (exact) mass is 2180 g/mol. The number of fused-ring (bicyclic) bond motifs is 3. The number of Topliss-reactive ketones (excluding diaryl/α,β-unsaturated/α-hetero) is 3. The van der Waals surface area contributed by atoms with Gasteiger partial charge in [0.25, 0.3) is 0 Å². The Balaban J connectivity index is 0.000000166. The number of nitrogens with one attached hydrogen (secondary N) is 9. The molecule has 2 aliphatic carbocycles. The molecule has 1 fully saturated rings. The molecular formula is C97H91Cl11N20O4S6. The molecule has 4 aromatic heterocycles. The minimum absolute atomic E-state index is 0.000220. The van der Waals surface area contributed by atoms with Crippen molar-refractivity contribution in [2.45, 2.75) is 92.3 Å². The van der Waals surface area contributed by atoms with Crippen LogP contribution >= 0.6 is 201 Å². The van der Waals surface area contributed by atoms with E-state index in [1.54, 1.807) is 99.3 Å². The Morgan fingerprint density at radius 3 is 1.78 bits per heavy atom. The van der Waals surface area contributed by atoms with Gasteiger partial charge in [-0.05, 0) is 255 Å². The lowest BCUT2D eigenvalue weighted by Crippen LogP contribution is -2.34. The van der Waals surface area contributed by atoms with Crippen molar-refractivity contribution in [3.63, 3.8) is 0 Å². The Labute approximate surface area is 885 Å². The average Bonchev–Trinajstić information content (AvgIpc) is 1.63. The molecule has 0 radical (unpaired) electrons. The van der Waals surface area contributed by atoms with Crippen molar-refractivity contribution in [3.8, 4) is 17.1 Å². The van der Waals surface area contributed by atoms with Crippen molar-refractivity contribution < 1.29 is 19.2 Å². The van der Waals surface area contributed by atoms with E-state index < -0.39 is 0 Å². The molecule has 24 nitrogen and oxygen atoms in total. The van der Waals surface area contributed by atoms with Gasteiger partial charge in [-0.25, -0.2) is 9.67 Å². The van der Waals surface area contributed by atoms with Crippen molar-refractivity contribution >= 4 is 288 Å². The SMILES string of the molecule is CC(C)(C)c1cc(C(=O)CNC(=S)Nc2ccccc2)n(Cc2ccc(Cl)cc2Cl)n1.Cc1ccc(CC(=S)Cn2cnc3c(cnn3-c3ccccc3)c2=N)c(Cl)c1.Cc1ccc(NC(=S)NCC(=O)Cn2nnc(-c3cccc(Cl)c3Cl)n2)cc1Cl.Cc1ccc(NC(=S)NCC(=S)CC2CC3C=CC2C3)cc1Cl.O=C(CNC(=S)Nc1cc(Cl)ccc1Cl)CO/N=C/c1ccc(Cl)cc1Cl. The van der Waals surface area contributed by atoms with Gasteiger partial charge < -0.3 is 51.9 Å². The number of ketones is 3. The number of carbonyl (C=O) groups is 3. The maximum absolute atomic E-state index is 13.0. The fraction of sp³-hybridized carbons (Fsp3) is 0.227. The first-order chi connectivity index (χ1) is 65.8. The number of nitrogens with zero attached hydrogens (tertiary/aromatic N) is 11. The highest BCUT2D eigenvalue weighted by atomic mass is 35.5. The summed E-state index contributed by atoms with van der Waals surface area (Å²) >= 11 is 98.8. The topological polar surface area (TPSA) is 290 Å². The van der Waals surface area contributed by atoms with Crippen LogP contribution in [0.15, 0.2) is 224 Å². The number of aryl methyl sites for hydroxylation is 3. The number of tetrazole rings is 1. The van der Waals surface area contributed by atoms with Crippen LogP contribution in [0.3, 0.4) is 0 Å². The van der Waals surface area contributed by atoms with Gasteiger partial charge >= 0.3 is 0 Å². The Morgan fingerprint density at radius 2 is 1.15 bits per heavy atom. The number of thiocarbonyl (C=S) groups is 6. The summed E-state index contributed by atoms with van der Waals surface area (Å²) in [6.07, 6.45) is 13.7. The molecule has 0 saturated heterocycles. The third-order valence-corrected chi connectivity index (χ3v) is 26.1. The highest BCUT2D eigenvalue weighted by Crippen LogP contribution is 2.45. The Bertz CT molecular complexity index is 6760. The van der Waals surface area contributed by atoms with Gasteiger partial charge in [-0.3, -0.25) is 24.5 Å². The number of oxime groups is 1. The van der Waals surface area contributed by atoms with E-state index in [4.69, 9.17) is 211 Å². The number of para-hydroxylation sites is 2. The molecule has 41 heteroatoms. The number of halogens is 11. The van der Waals surface area contributed by atoms with Crippen LogP contribution in [0.2, 0.25) is 55.2 Å². The molecule has 0 spiro atoms. The minimum atomic E-state index is -0.254. The zero-order valence-electron chi connectivity index (χ0n) is 74.7. The molecule has 3 unspecified atom stereocenters. The highest BCUT2D eigenvalue weighted by Gasteiger charge is 2.36. The first kappa shape index (κ1) is 108. The van der Waals surface area contributed by atoms with Crippen molar-refractivity contribution in [1.29, 1.82) is 5.41 Å². The predicted octanol–water partition coefficient (Wildman–Crippen LogP) is 24.3. The second-order valence-corrected chi connectivity index (χ2v) is 39.9. The van der Waals surface area contributed by atoms with Crippen LogP contribution in [0, 0.1) is 43.9 Å². The van der Waals surface area contributed by atoms with Crippen LogP contribution < -0.4 is 48.0 Å². The van der Waals surface area contributed by atoms with Crippen LogP contribution in [0.4, 0.5) is 22.7 Å². The standard InChI is InChI=1S/C23H24Cl2N4OS.C21H18ClN5S.C18H15Cl3N6OS.C18H21ClN2S2.C17H13Cl4N3O2S/c1-23(2,3)21-12-19(29(28-21)14-15-9-10-16(24)11-18(15)25)20(30)13-26-22(31)27-17-7-5-4-6-8-17;1-14-7-8-15(19(22)9-14)10-17(28)12-26-13-24-21-18(20(26)23)11-25-27(21)16-5-3-2-4-6-16;1-10-5-6-11(7-15(10)20)23-18(29)22-8-12(28)9-27-25-17(24-26-27)13-3-2-4-14(19)16(13)21;1-11-2-5-15(9-17(11)19)21-18(23)20-10-16(22)8-14-7-12-3-4-13(14)6-12;18-11-2-1-10(15(21)5-11)7-23-26-9-13(25)8-22-17(27)24-16-6-12(19)3-4-14(16)20/h4-12H,13-14H2,1-3H3,(H2,26,27,31);2-9,11,13,23H,10,12H2,1H3;2-7H,8-9H2,1H3,(H2,22,23,29);2-5,9,12-14H,6-8,10H2,1H3,(H2,20,21,23);1-7H,8-9H2,(H2,22,24,27)/b;;;;23-7+. The lowest BCUT2D eigenvalue weighted by atomic mass is 9.89. The van der Waals surface area contributed by atoms with Gasteiger partial charge in [-0.2, -0.15) is 15.0 Å². The molecule has 0 aliphatic heterocycles. The van der Waals surface area contributed by atoms with Crippen molar-refractivity contribution in [2.75, 3.05) is 54.1 Å². The molecule has 13 aromatic rings. The van der Waals surface area contributed by atoms with Crippen LogP contribution in [-0.2, 0) is 45.9 Å². The Hall–Kier alpha value is -10.0. The largest absolute Gasteiger partial charge is 0.388 e. The van der Waals surface area contributed by atoms with E-state index in [1.165, 1.54) is 23.9 Å². The summed E-state index contributed by atoms with van der Waals surface area (Å²) < 4.78 is 5.17. The Morgan fingerprint density at radius 1 is 0.551 bits per heavy atom. The third-order valence-electron chi connectivity index (χ3n) is 20.9. The van der Waals surface area contributed by atoms with E-state index in [-0.39, 0.29) is 66.5 Å². The molecule has 0 amide bonds. The summed E-state index contributed by atoms with van der Waals surface area (Å²) in [4.78, 5) is 49.5. The van der Waals surface area contributed by atoms with E-state index in [1.807, 2.05) is 142 Å². The van der Waals surface area contributed by atoms with Gasteiger partial charge in [0.05, 0.1) is 94.0 Å². The zero-order valence-corrected chi connectivity index (χ0v) is 88.0. The molecule has 9 N–H and O–H groups in total. The number of hydrogen-bond donors (Lipinski definition) is 9. The van der Waals surface area contributed by atoms with Gasteiger partial charge in [-0.1, -0.05) is 269 Å². The van der Waals surface area contributed by atoms with E-state index in [9.17, 15) is 14.4 Å². The number of carbonyl (C=O) groups excluding carboxylic acids is 3. The fourth-order valence-corrected chi connectivity index (χ4v) is 17.3. The molecular weight excluding hydrogens is 2090 g/mol. The molecule has 9 aromatic carbocycles. The lowest BCUT2D eigenvalue weighted by Gasteiger charge is -2.19. The van der Waals surface area contributed by atoms with Crippen LogP contribution in [0.5, 0.6) is 0 Å². The Kier molecular flexibility index (Phi) is 41.2. The quantitative estimate of drug-likeness (QED) is 0.00692. The third kappa shape index (κ3) is 33.3. The van der Waals surface area contributed by atoms with Crippen molar-refractivity contribution in [1.82, 2.24) is 70.6 Å². The fourth-order valence-electron chi connectivity index (χ4n) is 13.6. The summed E-state index contributed by atoms with van der Waals surface area (Å²) in [7, 11) is 0. The van der Waals surface area contributed by atoms with Crippen LogP contribution in [0.1, 0.15) is 89.6 Å². The molecule has 4 heterocycles. The first-order valence-corrected chi connectivity index (χ1v) is 49.1. The summed E-state index contributed by atoms with van der Waals surface area (Å²) in [6.45, 7) is 13.2. The maximum atomic E-state index is 13.0. The van der Waals surface area contributed by atoms with E-state index >= 15 is 0 Å². The van der Waals surface area contributed by atoms with Crippen LogP contribution in [0.25, 0.3) is 28.1 Å². The van der Waals surface area contributed by atoms with E-state index in [2.05, 4.69) is 111 Å². The zero-order chi connectivity index (χ0) is 99.4. The number of aromatic nitrogens is 10. The molecule has 2 aliphatic rings. The molecule has 1 saturated carbocycles. The number of benzene rings is 9. The van der Waals surface area contributed by atoms with Crippen molar-refractivity contribution in [3.05, 3.63) is 324 Å². The second kappa shape index (κ2) is 52.5. The number of rotatable bonds is 29. The van der Waals surface area contributed by atoms with Crippen molar-refractivity contribution in [2.24, 2.45) is 22.9 Å². The molecule has 716 valence electrons.